The van der Waals surface area contributed by atoms with E-state index in [0.29, 0.717) is 18.7 Å². The molecule has 1 aromatic heterocycles. The smallest absolute Gasteiger partial charge is 0.317 e. The normalized spacial score (nSPS) is 16.5. The van der Waals surface area contributed by atoms with Crippen molar-refractivity contribution in [2.24, 2.45) is 5.73 Å². The van der Waals surface area contributed by atoms with Gasteiger partial charge in [-0.1, -0.05) is 0 Å². The maximum atomic E-state index is 11.3. The van der Waals surface area contributed by atoms with Crippen molar-refractivity contribution in [1.29, 1.82) is 0 Å². The van der Waals surface area contributed by atoms with Gasteiger partial charge in [0.05, 0.1) is 6.54 Å². The number of amides is 1. The Balaban J connectivity index is 2.12. The molecule has 0 spiro atoms. The Hall–Kier alpha value is -2.15. The fourth-order valence-electron chi connectivity index (χ4n) is 2.50. The number of carbonyl (C=O) groups excluding carboxylic acids is 1. The number of nitrogens with zero attached hydrogens (tertiary/aromatic N) is 3. The van der Waals surface area contributed by atoms with Crippen LogP contribution >= 0.6 is 0 Å². The molecule has 2 heterocycles. The minimum atomic E-state index is -0.812. The Morgan fingerprint density at radius 1 is 1.29 bits per heavy atom. The van der Waals surface area contributed by atoms with E-state index >= 15 is 0 Å². The van der Waals surface area contributed by atoms with Crippen LogP contribution in [-0.4, -0.2) is 59.6 Å². The summed E-state index contributed by atoms with van der Waals surface area (Å²) in [5.41, 5.74) is 6.52. The van der Waals surface area contributed by atoms with Crippen LogP contribution in [0.4, 0.5) is 5.82 Å². The first-order chi connectivity index (χ1) is 9.95. The highest BCUT2D eigenvalue weighted by Gasteiger charge is 2.18. The van der Waals surface area contributed by atoms with Gasteiger partial charge >= 0.3 is 5.97 Å². The summed E-state index contributed by atoms with van der Waals surface area (Å²) in [6.07, 6.45) is 0.856. The van der Waals surface area contributed by atoms with Crippen LogP contribution in [0.1, 0.15) is 22.5 Å². The van der Waals surface area contributed by atoms with Crippen LogP contribution in [0.2, 0.25) is 0 Å². The molecule has 21 heavy (non-hydrogen) atoms. The van der Waals surface area contributed by atoms with Crippen LogP contribution in [0.5, 0.6) is 0 Å². The predicted octanol–water partition coefficient (Wildman–Crippen LogP) is 0.0856. The van der Waals surface area contributed by atoms with Gasteiger partial charge in [0.2, 0.25) is 5.91 Å². The first-order valence-electron chi connectivity index (χ1n) is 6.93. The molecule has 1 aromatic rings. The van der Waals surface area contributed by atoms with Crippen molar-refractivity contribution in [2.75, 3.05) is 37.6 Å². The number of hydrogen-bond donors (Lipinski definition) is 2. The zero-order chi connectivity index (χ0) is 15.4. The quantitative estimate of drug-likeness (QED) is 0.815. The van der Waals surface area contributed by atoms with Crippen LogP contribution in [0.25, 0.3) is 0 Å². The number of carboxylic acid groups (broad SMARTS) is 1. The molecule has 1 aliphatic heterocycles. The van der Waals surface area contributed by atoms with Gasteiger partial charge in [-0.05, 0) is 25.5 Å². The van der Waals surface area contributed by atoms with Gasteiger partial charge in [-0.2, -0.15) is 0 Å². The number of hydrogen-bond acceptors (Lipinski definition) is 5. The monoisotopic (exact) mass is 292 g/mol. The average molecular weight is 292 g/mol. The van der Waals surface area contributed by atoms with E-state index in [2.05, 4.69) is 9.88 Å². The van der Waals surface area contributed by atoms with Gasteiger partial charge in [0.25, 0.3) is 0 Å². The van der Waals surface area contributed by atoms with Crippen molar-refractivity contribution in [2.45, 2.75) is 13.3 Å². The topological polar surface area (TPSA) is 99.8 Å². The van der Waals surface area contributed by atoms with Crippen molar-refractivity contribution in [3.8, 4) is 0 Å². The number of aliphatic carboxylic acids is 1. The molecule has 0 bridgehead atoms. The van der Waals surface area contributed by atoms with E-state index in [-0.39, 0.29) is 6.54 Å². The highest BCUT2D eigenvalue weighted by molar-refractivity contribution is 5.93. The minimum Gasteiger partial charge on any atom is -0.480 e. The molecule has 1 saturated heterocycles. The molecule has 0 saturated carbocycles. The summed E-state index contributed by atoms with van der Waals surface area (Å²) in [6.45, 7) is 4.75. The molecule has 1 fully saturated rings. The molecule has 1 aliphatic rings. The molecule has 1 amide bonds. The maximum absolute atomic E-state index is 11.3. The van der Waals surface area contributed by atoms with Gasteiger partial charge in [-0.15, -0.1) is 0 Å². The van der Waals surface area contributed by atoms with E-state index in [1.807, 2.05) is 11.8 Å². The predicted molar refractivity (Wildman–Crippen MR) is 78.4 cm³/mol. The largest absolute Gasteiger partial charge is 0.480 e. The Labute approximate surface area is 123 Å². The van der Waals surface area contributed by atoms with Gasteiger partial charge in [0.1, 0.15) is 5.82 Å². The molecule has 0 radical (unpaired) electrons. The second-order valence-electron chi connectivity index (χ2n) is 5.23. The Morgan fingerprint density at radius 3 is 2.71 bits per heavy atom. The number of anilines is 1. The van der Waals surface area contributed by atoms with Crippen LogP contribution in [0, 0.1) is 6.92 Å². The number of carbonyl (C=O) groups is 2. The second kappa shape index (κ2) is 6.53. The van der Waals surface area contributed by atoms with Crippen molar-refractivity contribution < 1.29 is 14.7 Å². The van der Waals surface area contributed by atoms with E-state index in [1.165, 1.54) is 0 Å². The Kier molecular flexibility index (Phi) is 4.74. The number of rotatable bonds is 4. The molecule has 2 rings (SSSR count). The Bertz CT molecular complexity index is 547. The zero-order valence-corrected chi connectivity index (χ0v) is 12.1. The lowest BCUT2D eigenvalue weighted by molar-refractivity contribution is -0.138. The summed E-state index contributed by atoms with van der Waals surface area (Å²) in [7, 11) is 0. The molecule has 0 aliphatic carbocycles. The highest BCUT2D eigenvalue weighted by Crippen LogP contribution is 2.17. The van der Waals surface area contributed by atoms with E-state index < -0.39 is 11.9 Å². The number of aromatic nitrogens is 1. The first kappa shape index (κ1) is 15.2. The van der Waals surface area contributed by atoms with Crippen molar-refractivity contribution in [1.82, 2.24) is 9.88 Å². The maximum Gasteiger partial charge on any atom is 0.317 e. The number of pyridine rings is 1. The molecule has 114 valence electrons. The molecule has 0 unspecified atom stereocenters. The van der Waals surface area contributed by atoms with Crippen LogP contribution in [0.3, 0.4) is 0 Å². The van der Waals surface area contributed by atoms with Crippen LogP contribution in [-0.2, 0) is 4.79 Å². The number of carboxylic acids is 1. The third-order valence-electron chi connectivity index (χ3n) is 3.50. The standard InChI is InChI=1S/C14H20N4O3/c1-10-7-11(14(15)21)8-12(16-10)18-4-2-3-17(5-6-18)9-13(19)20/h7-8H,2-6,9H2,1H3,(H2,15,21)(H,19,20). The number of primary amides is 1. The SMILES string of the molecule is Cc1cc(C(N)=O)cc(N2CCCN(CC(=O)O)CC2)n1. The minimum absolute atomic E-state index is 0.0572. The van der Waals surface area contributed by atoms with Gasteiger partial charge < -0.3 is 15.7 Å². The van der Waals surface area contributed by atoms with E-state index in [0.717, 1.165) is 31.0 Å². The molecule has 7 nitrogen and oxygen atoms in total. The first-order valence-corrected chi connectivity index (χ1v) is 6.93. The van der Waals surface area contributed by atoms with E-state index in [9.17, 15) is 9.59 Å². The molecule has 3 N–H and O–H groups in total. The van der Waals surface area contributed by atoms with Gasteiger partial charge in [0, 0.05) is 37.4 Å². The molecular formula is C14H20N4O3. The lowest BCUT2D eigenvalue weighted by Crippen LogP contribution is -2.34. The van der Waals surface area contributed by atoms with Crippen molar-refractivity contribution in [3.05, 3.63) is 23.4 Å². The summed E-state index contributed by atoms with van der Waals surface area (Å²) < 4.78 is 0. The molecule has 0 atom stereocenters. The van der Waals surface area contributed by atoms with E-state index in [1.54, 1.807) is 12.1 Å². The van der Waals surface area contributed by atoms with Gasteiger partial charge in [0.15, 0.2) is 0 Å². The zero-order valence-electron chi connectivity index (χ0n) is 12.1. The summed E-state index contributed by atoms with van der Waals surface area (Å²) in [5.74, 6) is -0.557. The highest BCUT2D eigenvalue weighted by atomic mass is 16.4. The van der Waals surface area contributed by atoms with Crippen molar-refractivity contribution in [3.63, 3.8) is 0 Å². The summed E-state index contributed by atoms with van der Waals surface area (Å²) >= 11 is 0. The lowest BCUT2D eigenvalue weighted by atomic mass is 10.2. The fourth-order valence-corrected chi connectivity index (χ4v) is 2.50. The average Bonchev–Trinajstić information content (AvgIpc) is 2.63. The summed E-state index contributed by atoms with van der Waals surface area (Å²) in [5, 5.41) is 8.86. The van der Waals surface area contributed by atoms with Crippen LogP contribution in [0.15, 0.2) is 12.1 Å². The summed E-state index contributed by atoms with van der Waals surface area (Å²) in [4.78, 5) is 30.5. The Morgan fingerprint density at radius 2 is 2.05 bits per heavy atom. The lowest BCUT2D eigenvalue weighted by Gasteiger charge is -2.22. The van der Waals surface area contributed by atoms with Crippen LogP contribution < -0.4 is 10.6 Å². The molecule has 7 heteroatoms. The van der Waals surface area contributed by atoms with Gasteiger partial charge in [-0.3, -0.25) is 14.5 Å². The molecular weight excluding hydrogens is 272 g/mol. The number of nitrogens with two attached hydrogens (primary N) is 1. The van der Waals surface area contributed by atoms with Crippen molar-refractivity contribution >= 4 is 17.7 Å². The van der Waals surface area contributed by atoms with Gasteiger partial charge in [-0.25, -0.2) is 4.98 Å². The third-order valence-corrected chi connectivity index (χ3v) is 3.50. The fraction of sp³-hybridized carbons (Fsp3) is 0.500. The molecule has 0 aromatic carbocycles. The number of aryl methyl sites for hydroxylation is 1. The summed E-state index contributed by atoms with van der Waals surface area (Å²) in [6, 6.07) is 3.36. The third kappa shape index (κ3) is 4.16. The second-order valence-corrected chi connectivity index (χ2v) is 5.23. The van der Waals surface area contributed by atoms with E-state index in [4.69, 9.17) is 10.8 Å².